The lowest BCUT2D eigenvalue weighted by Gasteiger charge is -2.12. The zero-order valence-corrected chi connectivity index (χ0v) is 10.1. The normalized spacial score (nSPS) is 12.0. The monoisotopic (exact) mass is 279 g/mol. The summed E-state index contributed by atoms with van der Waals surface area (Å²) in [6, 6.07) is 1.42. The molecule has 0 aromatic carbocycles. The molecule has 1 atom stereocenters. The van der Waals surface area contributed by atoms with Gasteiger partial charge in [0.25, 0.3) is 0 Å². The van der Waals surface area contributed by atoms with Crippen LogP contribution in [0.15, 0.2) is 6.07 Å². The van der Waals surface area contributed by atoms with Crippen LogP contribution in [-0.2, 0) is 4.79 Å². The molecule has 0 fully saturated rings. The summed E-state index contributed by atoms with van der Waals surface area (Å²) in [6.45, 7) is -0.117. The molecule has 0 aliphatic rings. The summed E-state index contributed by atoms with van der Waals surface area (Å²) in [5.41, 5.74) is 7.16. The SMILES string of the molecule is NNc1nc(NCC(O)C(N)=O)c(Cl)cc1Cl. The molecule has 17 heavy (non-hydrogen) atoms. The lowest BCUT2D eigenvalue weighted by Crippen LogP contribution is -2.34. The van der Waals surface area contributed by atoms with Crippen molar-refractivity contribution in [2.24, 2.45) is 11.6 Å². The molecule has 94 valence electrons. The Hall–Kier alpha value is -1.28. The number of pyridine rings is 1. The van der Waals surface area contributed by atoms with Gasteiger partial charge in [-0.05, 0) is 6.07 Å². The summed E-state index contributed by atoms with van der Waals surface area (Å²) in [5.74, 6) is 4.78. The fraction of sp³-hybridized carbons (Fsp3) is 0.250. The average Bonchev–Trinajstić information content (AvgIpc) is 2.27. The predicted octanol–water partition coefficient (Wildman–Crippen LogP) is -0.0679. The number of hydrazine groups is 1. The molecule has 1 aromatic heterocycles. The van der Waals surface area contributed by atoms with Gasteiger partial charge >= 0.3 is 0 Å². The maximum Gasteiger partial charge on any atom is 0.248 e. The van der Waals surface area contributed by atoms with Gasteiger partial charge in [-0.1, -0.05) is 23.2 Å². The molecule has 0 saturated heterocycles. The number of primary amides is 1. The molecule has 7 nitrogen and oxygen atoms in total. The van der Waals surface area contributed by atoms with Crippen LogP contribution in [-0.4, -0.2) is 28.6 Å². The third-order valence-corrected chi connectivity index (χ3v) is 2.43. The quantitative estimate of drug-likeness (QED) is 0.379. The number of nitrogens with two attached hydrogens (primary N) is 2. The molecule has 1 aromatic rings. The highest BCUT2D eigenvalue weighted by molar-refractivity contribution is 6.37. The van der Waals surface area contributed by atoms with Gasteiger partial charge in [0.05, 0.1) is 16.6 Å². The molecule has 0 radical (unpaired) electrons. The number of hydrogen-bond donors (Lipinski definition) is 5. The Morgan fingerprint density at radius 3 is 2.59 bits per heavy atom. The van der Waals surface area contributed by atoms with E-state index in [-0.39, 0.29) is 28.2 Å². The number of anilines is 2. The molecule has 7 N–H and O–H groups in total. The first kappa shape index (κ1) is 13.8. The van der Waals surface area contributed by atoms with Gasteiger partial charge in [-0.25, -0.2) is 10.8 Å². The summed E-state index contributed by atoms with van der Waals surface area (Å²) in [5, 5.41) is 12.3. The van der Waals surface area contributed by atoms with Crippen LogP contribution in [0.3, 0.4) is 0 Å². The molecule has 0 bridgehead atoms. The highest BCUT2D eigenvalue weighted by Crippen LogP contribution is 2.28. The number of nitrogen functional groups attached to an aromatic ring is 1. The van der Waals surface area contributed by atoms with Gasteiger partial charge in [-0.15, -0.1) is 0 Å². The first-order valence-corrected chi connectivity index (χ1v) is 5.25. The van der Waals surface area contributed by atoms with Crippen LogP contribution in [0, 0.1) is 0 Å². The molecule has 1 amide bonds. The Morgan fingerprint density at radius 2 is 2.06 bits per heavy atom. The van der Waals surface area contributed by atoms with Crippen LogP contribution in [0.2, 0.25) is 10.0 Å². The topological polar surface area (TPSA) is 126 Å². The fourth-order valence-corrected chi connectivity index (χ4v) is 1.47. The highest BCUT2D eigenvalue weighted by atomic mass is 35.5. The smallest absolute Gasteiger partial charge is 0.248 e. The van der Waals surface area contributed by atoms with E-state index in [9.17, 15) is 9.90 Å². The van der Waals surface area contributed by atoms with E-state index < -0.39 is 12.0 Å². The van der Waals surface area contributed by atoms with Crippen molar-refractivity contribution in [3.63, 3.8) is 0 Å². The van der Waals surface area contributed by atoms with Gasteiger partial charge in [0.2, 0.25) is 5.91 Å². The van der Waals surface area contributed by atoms with Gasteiger partial charge in [0, 0.05) is 0 Å². The van der Waals surface area contributed by atoms with Gasteiger partial charge in [-0.3, -0.25) is 4.79 Å². The Kier molecular flexibility index (Phi) is 4.76. The minimum Gasteiger partial charge on any atom is -0.381 e. The molecule has 0 aliphatic carbocycles. The number of carbonyl (C=O) groups excluding carboxylic acids is 1. The third-order valence-electron chi connectivity index (χ3n) is 1.86. The number of hydrogen-bond acceptors (Lipinski definition) is 6. The molecule has 1 rings (SSSR count). The van der Waals surface area contributed by atoms with Crippen LogP contribution < -0.4 is 22.3 Å². The highest BCUT2D eigenvalue weighted by Gasteiger charge is 2.13. The molecular formula is C8H11Cl2N5O2. The van der Waals surface area contributed by atoms with Crippen LogP contribution >= 0.6 is 23.2 Å². The molecule has 0 aliphatic heterocycles. The minimum absolute atomic E-state index is 0.117. The Labute approximate surface area is 107 Å². The summed E-state index contributed by atoms with van der Waals surface area (Å²) in [6.07, 6.45) is -1.34. The van der Waals surface area contributed by atoms with Crippen molar-refractivity contribution in [1.82, 2.24) is 4.98 Å². The van der Waals surface area contributed by atoms with Gasteiger partial charge in [0.15, 0.2) is 5.82 Å². The van der Waals surface area contributed by atoms with Gasteiger partial charge < -0.3 is 21.6 Å². The number of carbonyl (C=O) groups is 1. The van der Waals surface area contributed by atoms with Crippen molar-refractivity contribution in [3.8, 4) is 0 Å². The van der Waals surface area contributed by atoms with Gasteiger partial charge in [0.1, 0.15) is 11.9 Å². The number of aromatic nitrogens is 1. The van der Waals surface area contributed by atoms with Crippen LogP contribution in [0.5, 0.6) is 0 Å². The van der Waals surface area contributed by atoms with Crippen molar-refractivity contribution < 1.29 is 9.90 Å². The molecule has 0 saturated carbocycles. The first-order valence-electron chi connectivity index (χ1n) is 4.49. The number of amides is 1. The van der Waals surface area contributed by atoms with Crippen LogP contribution in [0.25, 0.3) is 0 Å². The number of aliphatic hydroxyl groups excluding tert-OH is 1. The van der Waals surface area contributed by atoms with Crippen LogP contribution in [0.1, 0.15) is 0 Å². The number of nitrogens with one attached hydrogen (secondary N) is 2. The van der Waals surface area contributed by atoms with E-state index in [1.807, 2.05) is 0 Å². The molecular weight excluding hydrogens is 269 g/mol. The van der Waals surface area contributed by atoms with E-state index in [4.69, 9.17) is 34.8 Å². The van der Waals surface area contributed by atoms with Crippen molar-refractivity contribution in [2.45, 2.75) is 6.10 Å². The predicted molar refractivity (Wildman–Crippen MR) is 65.8 cm³/mol. The fourth-order valence-electron chi connectivity index (χ4n) is 0.986. The maximum atomic E-state index is 10.6. The van der Waals surface area contributed by atoms with E-state index in [1.54, 1.807) is 0 Å². The summed E-state index contributed by atoms with van der Waals surface area (Å²) in [4.78, 5) is 14.6. The zero-order chi connectivity index (χ0) is 13.0. The maximum absolute atomic E-state index is 10.6. The molecule has 9 heteroatoms. The second-order valence-corrected chi connectivity index (χ2v) is 3.91. The van der Waals surface area contributed by atoms with E-state index >= 15 is 0 Å². The van der Waals surface area contributed by atoms with Crippen molar-refractivity contribution in [1.29, 1.82) is 0 Å². The third kappa shape index (κ3) is 3.60. The summed E-state index contributed by atoms with van der Waals surface area (Å²) >= 11 is 11.6. The minimum atomic E-state index is -1.34. The summed E-state index contributed by atoms with van der Waals surface area (Å²) in [7, 11) is 0. The summed E-state index contributed by atoms with van der Waals surface area (Å²) < 4.78 is 0. The van der Waals surface area contributed by atoms with Crippen molar-refractivity contribution in [3.05, 3.63) is 16.1 Å². The second kappa shape index (κ2) is 5.87. The Balaban J connectivity index is 2.80. The van der Waals surface area contributed by atoms with E-state index in [0.717, 1.165) is 0 Å². The number of rotatable bonds is 5. The first-order chi connectivity index (χ1) is 7.95. The van der Waals surface area contributed by atoms with E-state index in [2.05, 4.69) is 15.7 Å². The lowest BCUT2D eigenvalue weighted by molar-refractivity contribution is -0.125. The second-order valence-electron chi connectivity index (χ2n) is 3.09. The molecule has 1 heterocycles. The molecule has 1 unspecified atom stereocenters. The van der Waals surface area contributed by atoms with Gasteiger partial charge in [-0.2, -0.15) is 0 Å². The molecule has 0 spiro atoms. The van der Waals surface area contributed by atoms with Crippen LogP contribution in [0.4, 0.5) is 11.6 Å². The zero-order valence-electron chi connectivity index (χ0n) is 8.58. The Bertz CT molecular complexity index is 429. The number of halogens is 2. The largest absolute Gasteiger partial charge is 0.381 e. The van der Waals surface area contributed by atoms with Crippen molar-refractivity contribution in [2.75, 3.05) is 17.3 Å². The number of nitrogens with zero attached hydrogens (tertiary/aromatic N) is 1. The average molecular weight is 280 g/mol. The van der Waals surface area contributed by atoms with Crippen molar-refractivity contribution >= 4 is 40.7 Å². The standard InChI is InChI=1S/C8H11Cl2N5O2/c9-3-1-4(10)8(15-12)14-7(3)13-2-5(16)6(11)17/h1,5,16H,2,12H2,(H2,11,17)(H2,13,14,15). The number of aliphatic hydroxyl groups is 1. The van der Waals surface area contributed by atoms with E-state index in [0.29, 0.717) is 0 Å². The Morgan fingerprint density at radius 1 is 1.47 bits per heavy atom. The van der Waals surface area contributed by atoms with E-state index in [1.165, 1.54) is 6.07 Å². The lowest BCUT2D eigenvalue weighted by atomic mass is 10.3.